The normalized spacial score (nSPS) is 12.4. The van der Waals surface area contributed by atoms with E-state index < -0.39 is 35.5 Å². The largest absolute Gasteiger partial charge is 0.350 e. The Morgan fingerprint density at radius 3 is 2.23 bits per heavy atom. The molecule has 3 amide bonds. The van der Waals surface area contributed by atoms with E-state index >= 15 is 0 Å². The summed E-state index contributed by atoms with van der Waals surface area (Å²) in [6.45, 7) is 3.76. The van der Waals surface area contributed by atoms with Gasteiger partial charge < -0.3 is 21.4 Å². The molecule has 0 saturated heterocycles. The molecule has 1 rings (SSSR count). The van der Waals surface area contributed by atoms with Gasteiger partial charge in [0.2, 0.25) is 17.7 Å². The van der Waals surface area contributed by atoms with Crippen LogP contribution in [-0.2, 0) is 25.7 Å². The molecule has 0 aliphatic heterocycles. The lowest BCUT2D eigenvalue weighted by Gasteiger charge is -2.23. The lowest BCUT2D eigenvalue weighted by Crippen LogP contribution is -2.53. The minimum Gasteiger partial charge on any atom is -0.350 e. The molecule has 0 fully saturated rings. The number of benzene rings is 1. The molecule has 9 heteroatoms. The van der Waals surface area contributed by atoms with E-state index in [0.29, 0.717) is 18.2 Å². The third-order valence-electron chi connectivity index (χ3n) is 4.67. The van der Waals surface area contributed by atoms with Crippen molar-refractivity contribution in [3.05, 3.63) is 35.6 Å². The Labute approximate surface area is 181 Å². The van der Waals surface area contributed by atoms with Crippen molar-refractivity contribution >= 4 is 29.7 Å². The summed E-state index contributed by atoms with van der Waals surface area (Å²) < 4.78 is 13.0. The fourth-order valence-electron chi connectivity index (χ4n) is 2.79. The van der Waals surface area contributed by atoms with E-state index in [1.807, 2.05) is 6.92 Å². The third-order valence-corrected chi connectivity index (χ3v) is 4.67. The number of rotatable bonds is 14. The number of carbonyl (C=O) groups is 4. The summed E-state index contributed by atoms with van der Waals surface area (Å²) >= 11 is 0. The number of unbranched alkanes of at least 4 members (excludes halogenated alkanes) is 1. The third kappa shape index (κ3) is 9.97. The van der Waals surface area contributed by atoms with E-state index in [1.54, 1.807) is 6.92 Å². The molecule has 0 bridgehead atoms. The minimum absolute atomic E-state index is 0.0113. The van der Waals surface area contributed by atoms with Crippen molar-refractivity contribution in [2.75, 3.05) is 0 Å². The second-order valence-electron chi connectivity index (χ2n) is 7.17. The maximum Gasteiger partial charge on any atom is 0.243 e. The van der Waals surface area contributed by atoms with Crippen LogP contribution in [0.15, 0.2) is 24.3 Å². The maximum atomic E-state index is 13.0. The lowest BCUT2D eigenvalue weighted by molar-refractivity contribution is -0.132. The van der Waals surface area contributed by atoms with E-state index in [1.165, 1.54) is 24.3 Å². The molecule has 8 nitrogen and oxygen atoms in total. The van der Waals surface area contributed by atoms with E-state index in [0.717, 1.165) is 12.8 Å². The molecular weight excluding hydrogens is 403 g/mol. The molecule has 0 aliphatic rings. The van der Waals surface area contributed by atoms with Crippen molar-refractivity contribution in [2.24, 2.45) is 0 Å². The number of ketones is 1. The van der Waals surface area contributed by atoms with Crippen LogP contribution in [0.2, 0.25) is 0 Å². The highest BCUT2D eigenvalue weighted by Gasteiger charge is 2.26. The summed E-state index contributed by atoms with van der Waals surface area (Å²) in [6, 6.07) is 3.82. The Hall–Kier alpha value is -3.10. The fourth-order valence-corrected chi connectivity index (χ4v) is 2.79. The average molecular weight is 435 g/mol. The van der Waals surface area contributed by atoms with Crippen LogP contribution in [0.3, 0.4) is 0 Å². The monoisotopic (exact) mass is 434 g/mol. The zero-order valence-corrected chi connectivity index (χ0v) is 18.0. The number of nitrogens with one attached hydrogen (secondary N) is 4. The van der Waals surface area contributed by atoms with Crippen LogP contribution >= 0.6 is 0 Å². The molecule has 2 atom stereocenters. The molecule has 0 radical (unpaired) electrons. The van der Waals surface area contributed by atoms with Crippen molar-refractivity contribution in [1.82, 2.24) is 16.0 Å². The van der Waals surface area contributed by atoms with Gasteiger partial charge in [-0.15, -0.1) is 0 Å². The van der Waals surface area contributed by atoms with E-state index in [4.69, 9.17) is 5.41 Å². The zero-order chi connectivity index (χ0) is 23.2. The molecule has 0 aromatic heterocycles. The molecule has 1 aromatic carbocycles. The van der Waals surface area contributed by atoms with Crippen LogP contribution in [0.5, 0.6) is 0 Å². The van der Waals surface area contributed by atoms with Crippen LogP contribution < -0.4 is 16.0 Å². The number of halogens is 1. The number of Topliss-reactive ketones (excluding diaryl/α,β-unsaturated/α-hetero) is 1. The zero-order valence-electron chi connectivity index (χ0n) is 18.0. The average Bonchev–Trinajstić information content (AvgIpc) is 2.77. The van der Waals surface area contributed by atoms with Gasteiger partial charge in [-0.3, -0.25) is 19.2 Å². The van der Waals surface area contributed by atoms with Gasteiger partial charge >= 0.3 is 0 Å². The van der Waals surface area contributed by atoms with E-state index in [9.17, 15) is 23.6 Å². The Bertz CT molecular complexity index is 767. The summed E-state index contributed by atoms with van der Waals surface area (Å²) in [4.78, 5) is 48.7. The van der Waals surface area contributed by atoms with Crippen LogP contribution in [0.25, 0.3) is 0 Å². The van der Waals surface area contributed by atoms with Crippen molar-refractivity contribution < 1.29 is 23.6 Å². The van der Waals surface area contributed by atoms with Crippen molar-refractivity contribution in [1.29, 1.82) is 5.41 Å². The molecule has 31 heavy (non-hydrogen) atoms. The molecule has 0 unspecified atom stereocenters. The molecule has 170 valence electrons. The predicted octanol–water partition coefficient (Wildman–Crippen LogP) is 2.01. The first-order valence-electron chi connectivity index (χ1n) is 10.5. The second-order valence-corrected chi connectivity index (χ2v) is 7.17. The maximum absolute atomic E-state index is 13.0. The predicted molar refractivity (Wildman–Crippen MR) is 115 cm³/mol. The Morgan fingerprint density at radius 1 is 1.00 bits per heavy atom. The van der Waals surface area contributed by atoms with Gasteiger partial charge in [0.25, 0.3) is 0 Å². The number of hydrogen-bond donors (Lipinski definition) is 4. The molecule has 0 heterocycles. The topological polar surface area (TPSA) is 128 Å². The first-order chi connectivity index (χ1) is 14.8. The van der Waals surface area contributed by atoms with Crippen LogP contribution in [0.1, 0.15) is 57.9 Å². The number of amides is 3. The van der Waals surface area contributed by atoms with Gasteiger partial charge in [0, 0.05) is 19.4 Å². The molecular formula is C22H31FN4O4. The van der Waals surface area contributed by atoms with Crippen molar-refractivity contribution in [3.63, 3.8) is 0 Å². The summed E-state index contributed by atoms with van der Waals surface area (Å²) in [5.41, 5.74) is 0.673. The van der Waals surface area contributed by atoms with E-state index in [2.05, 4.69) is 16.0 Å². The highest BCUT2D eigenvalue weighted by molar-refractivity contribution is 6.26. The number of carbonyl (C=O) groups excluding carboxylic acids is 4. The first kappa shape index (κ1) is 25.9. The Kier molecular flexibility index (Phi) is 11.7. The molecule has 0 saturated carbocycles. The van der Waals surface area contributed by atoms with Gasteiger partial charge in [0.1, 0.15) is 17.9 Å². The van der Waals surface area contributed by atoms with E-state index in [-0.39, 0.29) is 31.7 Å². The second kappa shape index (κ2) is 14.0. The summed E-state index contributed by atoms with van der Waals surface area (Å²) in [5, 5.41) is 15.0. The van der Waals surface area contributed by atoms with Crippen molar-refractivity contribution in [3.8, 4) is 0 Å². The highest BCUT2D eigenvalue weighted by atomic mass is 19.1. The van der Waals surface area contributed by atoms with Gasteiger partial charge in [0.15, 0.2) is 5.78 Å². The van der Waals surface area contributed by atoms with Gasteiger partial charge in [-0.2, -0.15) is 0 Å². The van der Waals surface area contributed by atoms with Crippen LogP contribution in [0.4, 0.5) is 4.39 Å². The van der Waals surface area contributed by atoms with Crippen LogP contribution in [0, 0.1) is 11.2 Å². The van der Waals surface area contributed by atoms with Gasteiger partial charge in [-0.1, -0.05) is 38.8 Å². The summed E-state index contributed by atoms with van der Waals surface area (Å²) in [7, 11) is 0. The number of hydrogen-bond acceptors (Lipinski definition) is 5. The fraction of sp³-hybridized carbons (Fsp3) is 0.500. The Balaban J connectivity index is 2.85. The molecule has 0 spiro atoms. The van der Waals surface area contributed by atoms with Crippen molar-refractivity contribution in [2.45, 2.75) is 71.0 Å². The summed E-state index contributed by atoms with van der Waals surface area (Å²) in [5.74, 6) is -2.14. The Morgan fingerprint density at radius 2 is 1.65 bits per heavy atom. The standard InChI is InChI=1S/C22H31FN4O4/c1-3-5-6-18(26-20(29)4-2)22(31)27-19(12-11-17(28)13-24)21(30)25-14-15-7-9-16(23)10-8-15/h7-10,13,18-19,24H,3-6,11-12,14H2,1-2H3,(H,25,30)(H,26,29)(H,27,31)/t18-,19-/m0/s1. The smallest absolute Gasteiger partial charge is 0.243 e. The lowest BCUT2D eigenvalue weighted by atomic mass is 10.1. The summed E-state index contributed by atoms with van der Waals surface area (Å²) in [6.07, 6.45) is 2.80. The molecule has 1 aromatic rings. The van der Waals surface area contributed by atoms with Gasteiger partial charge in [-0.25, -0.2) is 4.39 Å². The van der Waals surface area contributed by atoms with Gasteiger partial charge in [0.05, 0.1) is 6.21 Å². The highest BCUT2D eigenvalue weighted by Crippen LogP contribution is 2.06. The molecule has 0 aliphatic carbocycles. The quantitative estimate of drug-likeness (QED) is 0.334. The van der Waals surface area contributed by atoms with Gasteiger partial charge in [-0.05, 0) is 30.5 Å². The first-order valence-corrected chi connectivity index (χ1v) is 10.5. The SMILES string of the molecule is CCCC[C@H](NC(=O)CC)C(=O)N[C@@H](CCC(=O)C=N)C(=O)NCc1ccc(F)cc1. The van der Waals surface area contributed by atoms with Crippen LogP contribution in [-0.4, -0.2) is 41.8 Å². The minimum atomic E-state index is -1.01. The molecule has 4 N–H and O–H groups in total.